The molecule has 0 unspecified atom stereocenters. The second-order valence-electron chi connectivity index (χ2n) is 8.22. The number of aliphatic hydroxyl groups excluding tert-OH is 1. The van der Waals surface area contributed by atoms with Crippen LogP contribution in [0.15, 0.2) is 60.9 Å². The smallest absolute Gasteiger partial charge is 0.239 e. The Kier molecular flexibility index (Phi) is 4.60. The SMILES string of the molecule is O=C([C@@H]1C[C@@H](O)CN1)N1CCC(c2ccccc2)(c2cn3ccccc3n2)CC1. The van der Waals surface area contributed by atoms with Crippen LogP contribution < -0.4 is 5.32 Å². The van der Waals surface area contributed by atoms with Crippen LogP contribution in [0.5, 0.6) is 0 Å². The number of nitrogens with one attached hydrogen (secondary N) is 1. The summed E-state index contributed by atoms with van der Waals surface area (Å²) in [5.41, 5.74) is 3.06. The highest BCUT2D eigenvalue weighted by Gasteiger charge is 2.42. The Bertz CT molecular complexity index is 975. The number of aliphatic hydroxyl groups is 1. The summed E-state index contributed by atoms with van der Waals surface area (Å²) < 4.78 is 2.07. The van der Waals surface area contributed by atoms with Gasteiger partial charge in [0.15, 0.2) is 0 Å². The maximum absolute atomic E-state index is 12.9. The van der Waals surface area contributed by atoms with Crippen LogP contribution in [0.3, 0.4) is 0 Å². The Morgan fingerprint density at radius 3 is 2.55 bits per heavy atom. The number of rotatable bonds is 3. The third kappa shape index (κ3) is 3.22. The second kappa shape index (κ2) is 7.28. The Hall–Kier alpha value is -2.70. The molecular formula is C23H26N4O2. The molecule has 6 nitrogen and oxygen atoms in total. The molecule has 150 valence electrons. The van der Waals surface area contributed by atoms with Crippen molar-refractivity contribution in [1.82, 2.24) is 19.6 Å². The van der Waals surface area contributed by atoms with Gasteiger partial charge in [0.05, 0.1) is 17.8 Å². The van der Waals surface area contributed by atoms with Gasteiger partial charge in [-0.05, 0) is 37.0 Å². The lowest BCUT2D eigenvalue weighted by Crippen LogP contribution is -2.50. The molecule has 2 saturated heterocycles. The molecule has 2 atom stereocenters. The van der Waals surface area contributed by atoms with Gasteiger partial charge in [-0.2, -0.15) is 0 Å². The lowest BCUT2D eigenvalue weighted by atomic mass is 9.70. The predicted molar refractivity (Wildman–Crippen MR) is 111 cm³/mol. The van der Waals surface area contributed by atoms with E-state index in [1.54, 1.807) is 0 Å². The predicted octanol–water partition coefficient (Wildman–Crippen LogP) is 1.97. The molecule has 2 aliphatic heterocycles. The standard InChI is InChI=1S/C23H26N4O2/c28-18-14-19(24-15-18)22(29)26-12-9-23(10-13-26,17-6-2-1-3-7-17)20-16-27-11-5-4-8-21(27)25-20/h1-8,11,16,18-19,24,28H,9-10,12-15H2/t18-,19+/m1/s1. The summed E-state index contributed by atoms with van der Waals surface area (Å²) in [6, 6.07) is 16.3. The number of benzene rings is 1. The van der Waals surface area contributed by atoms with Crippen molar-refractivity contribution in [2.75, 3.05) is 19.6 Å². The summed E-state index contributed by atoms with van der Waals surface area (Å²) in [6.45, 7) is 1.88. The summed E-state index contributed by atoms with van der Waals surface area (Å²) >= 11 is 0. The zero-order chi connectivity index (χ0) is 19.8. The number of β-amino-alcohol motifs (C(OH)–C–C–N with tert-alkyl or cyclic N) is 1. The molecule has 0 bridgehead atoms. The molecule has 2 aromatic heterocycles. The van der Waals surface area contributed by atoms with Gasteiger partial charge in [0.25, 0.3) is 0 Å². The van der Waals surface area contributed by atoms with E-state index in [9.17, 15) is 9.90 Å². The fourth-order valence-electron chi connectivity index (χ4n) is 4.85. The Balaban J connectivity index is 1.45. The van der Waals surface area contributed by atoms with Crippen molar-refractivity contribution in [3.8, 4) is 0 Å². The minimum atomic E-state index is -0.421. The lowest BCUT2D eigenvalue weighted by molar-refractivity contribution is -0.134. The zero-order valence-corrected chi connectivity index (χ0v) is 16.4. The van der Waals surface area contributed by atoms with E-state index in [1.807, 2.05) is 35.4 Å². The summed E-state index contributed by atoms with van der Waals surface area (Å²) in [5, 5.41) is 12.9. The number of hydrogen-bond donors (Lipinski definition) is 2. The number of piperidine rings is 1. The number of carbonyl (C=O) groups is 1. The molecule has 29 heavy (non-hydrogen) atoms. The van der Waals surface area contributed by atoms with E-state index in [2.05, 4.69) is 40.2 Å². The maximum atomic E-state index is 12.9. The van der Waals surface area contributed by atoms with Gasteiger partial charge in [0.2, 0.25) is 5.91 Å². The fourth-order valence-corrected chi connectivity index (χ4v) is 4.85. The molecule has 3 aromatic rings. The van der Waals surface area contributed by atoms with E-state index in [-0.39, 0.29) is 17.4 Å². The number of fused-ring (bicyclic) bond motifs is 1. The molecule has 5 rings (SSSR count). The highest BCUT2D eigenvalue weighted by Crippen LogP contribution is 2.41. The third-order valence-electron chi connectivity index (χ3n) is 6.52. The number of likely N-dealkylation sites (tertiary alicyclic amines) is 1. The van der Waals surface area contributed by atoms with Crippen molar-refractivity contribution in [3.63, 3.8) is 0 Å². The first-order chi connectivity index (χ1) is 14.2. The van der Waals surface area contributed by atoms with E-state index in [0.717, 1.165) is 24.2 Å². The zero-order valence-electron chi connectivity index (χ0n) is 16.4. The second-order valence-corrected chi connectivity index (χ2v) is 8.22. The molecule has 0 saturated carbocycles. The van der Waals surface area contributed by atoms with Gasteiger partial charge in [-0.25, -0.2) is 4.98 Å². The quantitative estimate of drug-likeness (QED) is 0.717. The number of nitrogens with zero attached hydrogens (tertiary/aromatic N) is 3. The number of pyridine rings is 1. The van der Waals surface area contributed by atoms with Gasteiger partial charge in [0.1, 0.15) is 5.65 Å². The fraction of sp³-hybridized carbons (Fsp3) is 0.391. The highest BCUT2D eigenvalue weighted by molar-refractivity contribution is 5.82. The maximum Gasteiger partial charge on any atom is 0.239 e. The lowest BCUT2D eigenvalue weighted by Gasteiger charge is -2.42. The minimum Gasteiger partial charge on any atom is -0.392 e. The molecule has 0 radical (unpaired) electrons. The van der Waals surface area contributed by atoms with Crippen LogP contribution in [0.2, 0.25) is 0 Å². The molecule has 0 aliphatic carbocycles. The molecular weight excluding hydrogens is 364 g/mol. The van der Waals surface area contributed by atoms with Crippen molar-refractivity contribution in [1.29, 1.82) is 0 Å². The first-order valence-electron chi connectivity index (χ1n) is 10.4. The topological polar surface area (TPSA) is 69.9 Å². The largest absolute Gasteiger partial charge is 0.392 e. The van der Waals surface area contributed by atoms with Crippen molar-refractivity contribution in [3.05, 3.63) is 72.2 Å². The average Bonchev–Trinajstić information content (AvgIpc) is 3.40. The van der Waals surface area contributed by atoms with Crippen molar-refractivity contribution in [2.24, 2.45) is 0 Å². The van der Waals surface area contributed by atoms with Gasteiger partial charge in [0, 0.05) is 37.4 Å². The monoisotopic (exact) mass is 390 g/mol. The summed E-state index contributed by atoms with van der Waals surface area (Å²) in [7, 11) is 0. The highest BCUT2D eigenvalue weighted by atomic mass is 16.3. The third-order valence-corrected chi connectivity index (χ3v) is 6.52. The van der Waals surface area contributed by atoms with Crippen molar-refractivity contribution >= 4 is 11.6 Å². The van der Waals surface area contributed by atoms with Crippen LogP contribution in [0.25, 0.3) is 5.65 Å². The van der Waals surface area contributed by atoms with Gasteiger partial charge < -0.3 is 19.7 Å². The molecule has 2 fully saturated rings. The van der Waals surface area contributed by atoms with Gasteiger partial charge in [-0.15, -0.1) is 0 Å². The first-order valence-corrected chi connectivity index (χ1v) is 10.4. The molecule has 2 N–H and O–H groups in total. The van der Waals surface area contributed by atoms with Crippen LogP contribution in [0.1, 0.15) is 30.5 Å². The average molecular weight is 390 g/mol. The van der Waals surface area contributed by atoms with Crippen LogP contribution in [0, 0.1) is 0 Å². The normalized spacial score (nSPS) is 24.1. The number of imidazole rings is 1. The summed E-state index contributed by atoms with van der Waals surface area (Å²) in [4.78, 5) is 19.8. The minimum absolute atomic E-state index is 0.109. The Morgan fingerprint density at radius 2 is 1.86 bits per heavy atom. The van der Waals surface area contributed by atoms with Crippen LogP contribution in [-0.2, 0) is 10.2 Å². The molecule has 1 amide bonds. The first kappa shape index (κ1) is 18.3. The number of carbonyl (C=O) groups excluding carboxylic acids is 1. The summed E-state index contributed by atoms with van der Waals surface area (Å²) in [6.07, 6.45) is 5.92. The van der Waals surface area contributed by atoms with E-state index < -0.39 is 6.10 Å². The van der Waals surface area contributed by atoms with Gasteiger partial charge >= 0.3 is 0 Å². The molecule has 0 spiro atoms. The molecule has 1 aromatic carbocycles. The van der Waals surface area contributed by atoms with Crippen molar-refractivity contribution < 1.29 is 9.90 Å². The van der Waals surface area contributed by atoms with Crippen LogP contribution in [-0.4, -0.2) is 57.1 Å². The van der Waals surface area contributed by atoms with Crippen LogP contribution in [0.4, 0.5) is 0 Å². The number of amides is 1. The van der Waals surface area contributed by atoms with Gasteiger partial charge in [-0.3, -0.25) is 4.79 Å². The van der Waals surface area contributed by atoms with Crippen molar-refractivity contribution in [2.45, 2.75) is 36.8 Å². The Labute approximate surface area is 170 Å². The van der Waals surface area contributed by atoms with E-state index >= 15 is 0 Å². The number of aromatic nitrogens is 2. The molecule has 6 heteroatoms. The van der Waals surface area contributed by atoms with Crippen LogP contribution >= 0.6 is 0 Å². The number of hydrogen-bond acceptors (Lipinski definition) is 4. The molecule has 4 heterocycles. The molecule has 2 aliphatic rings. The van der Waals surface area contributed by atoms with E-state index in [1.165, 1.54) is 5.56 Å². The van der Waals surface area contributed by atoms with E-state index in [0.29, 0.717) is 26.1 Å². The van der Waals surface area contributed by atoms with Gasteiger partial charge in [-0.1, -0.05) is 36.4 Å². The van der Waals surface area contributed by atoms with E-state index in [4.69, 9.17) is 4.98 Å². The Morgan fingerprint density at radius 1 is 1.10 bits per heavy atom. The summed E-state index contributed by atoms with van der Waals surface area (Å²) in [5.74, 6) is 0.109.